The summed E-state index contributed by atoms with van der Waals surface area (Å²) in [6.07, 6.45) is 3.17. The number of rotatable bonds is 4. The molecular weight excluding hydrogens is 364 g/mol. The first-order valence-electron chi connectivity index (χ1n) is 9.89. The number of methoxy groups -OCH3 is 1. The van der Waals surface area contributed by atoms with E-state index in [1.54, 1.807) is 7.11 Å². The highest BCUT2D eigenvalue weighted by atomic mass is 16.5. The molecule has 1 saturated heterocycles. The first kappa shape index (κ1) is 18.0. The van der Waals surface area contributed by atoms with Crippen LogP contribution in [0.5, 0.6) is 5.75 Å². The van der Waals surface area contributed by atoms with Crippen molar-refractivity contribution in [3.63, 3.8) is 0 Å². The Kier molecular flexibility index (Phi) is 4.41. The van der Waals surface area contributed by atoms with Crippen molar-refractivity contribution in [2.75, 3.05) is 20.2 Å². The summed E-state index contributed by atoms with van der Waals surface area (Å²) in [7, 11) is 1.68. The maximum atomic E-state index is 6.05. The van der Waals surface area contributed by atoms with E-state index in [9.17, 15) is 0 Å². The highest BCUT2D eigenvalue weighted by Gasteiger charge is 2.19. The third-order valence-electron chi connectivity index (χ3n) is 5.69. The quantitative estimate of drug-likeness (QED) is 0.579. The minimum Gasteiger partial charge on any atom is -0.496 e. The third kappa shape index (κ3) is 3.22. The Morgan fingerprint density at radius 2 is 2.00 bits per heavy atom. The Balaban J connectivity index is 1.55. The number of pyridine rings is 2. The van der Waals surface area contributed by atoms with Crippen LogP contribution in [0.15, 0.2) is 42.6 Å². The molecule has 1 fully saturated rings. The van der Waals surface area contributed by atoms with E-state index in [1.807, 2.05) is 35.6 Å². The lowest BCUT2D eigenvalue weighted by atomic mass is 10.1. The molecule has 148 valence electrons. The minimum atomic E-state index is 0.284. The fourth-order valence-corrected chi connectivity index (χ4v) is 4.12. The molecule has 4 aromatic rings. The number of likely N-dealkylation sites (tertiary alicyclic amines) is 1. The molecule has 1 aliphatic rings. The summed E-state index contributed by atoms with van der Waals surface area (Å²) in [6, 6.07) is 12.5. The van der Waals surface area contributed by atoms with Gasteiger partial charge >= 0.3 is 0 Å². The SMILES string of the molecule is COc1ccc2ccc(-c3nnc4ccc(CN5CCC(N)C5)cn34)nc2c1C. The Labute approximate surface area is 169 Å². The van der Waals surface area contributed by atoms with Crippen LogP contribution in [0.3, 0.4) is 0 Å². The molecule has 7 nitrogen and oxygen atoms in total. The Morgan fingerprint density at radius 1 is 1.14 bits per heavy atom. The summed E-state index contributed by atoms with van der Waals surface area (Å²) in [5.41, 5.74) is 10.8. The molecule has 0 bridgehead atoms. The lowest BCUT2D eigenvalue weighted by molar-refractivity contribution is 0.326. The second-order valence-corrected chi connectivity index (χ2v) is 7.73. The van der Waals surface area contributed by atoms with Crippen LogP contribution in [0.25, 0.3) is 28.1 Å². The van der Waals surface area contributed by atoms with Crippen molar-refractivity contribution in [3.8, 4) is 17.3 Å². The molecule has 1 atom stereocenters. The lowest BCUT2D eigenvalue weighted by Gasteiger charge is -2.15. The molecule has 0 amide bonds. The van der Waals surface area contributed by atoms with Gasteiger partial charge in [0.15, 0.2) is 11.5 Å². The van der Waals surface area contributed by atoms with Crippen LogP contribution in [0.4, 0.5) is 0 Å². The summed E-state index contributed by atoms with van der Waals surface area (Å²) in [6.45, 7) is 4.89. The first-order valence-corrected chi connectivity index (χ1v) is 9.89. The summed E-state index contributed by atoms with van der Waals surface area (Å²) in [5, 5.41) is 9.82. The van der Waals surface area contributed by atoms with Crippen molar-refractivity contribution >= 4 is 16.6 Å². The van der Waals surface area contributed by atoms with Crippen LogP contribution in [-0.2, 0) is 6.54 Å². The van der Waals surface area contributed by atoms with Gasteiger partial charge in [0.25, 0.3) is 0 Å². The minimum absolute atomic E-state index is 0.284. The van der Waals surface area contributed by atoms with Crippen molar-refractivity contribution in [1.82, 2.24) is 24.5 Å². The molecule has 1 aliphatic heterocycles. The smallest absolute Gasteiger partial charge is 0.187 e. The maximum absolute atomic E-state index is 6.05. The van der Waals surface area contributed by atoms with Gasteiger partial charge in [-0.1, -0.05) is 12.1 Å². The zero-order valence-corrected chi connectivity index (χ0v) is 16.7. The van der Waals surface area contributed by atoms with Gasteiger partial charge in [-0.2, -0.15) is 0 Å². The number of hydrogen-bond acceptors (Lipinski definition) is 6. The van der Waals surface area contributed by atoms with Gasteiger partial charge < -0.3 is 10.5 Å². The predicted octanol–water partition coefficient (Wildman–Crippen LogP) is 2.79. The molecule has 0 spiro atoms. The number of fused-ring (bicyclic) bond motifs is 2. The first-order chi connectivity index (χ1) is 14.1. The van der Waals surface area contributed by atoms with Crippen LogP contribution in [0, 0.1) is 6.92 Å². The predicted molar refractivity (Wildman–Crippen MR) is 113 cm³/mol. The van der Waals surface area contributed by atoms with Crippen molar-refractivity contribution in [3.05, 3.63) is 53.7 Å². The summed E-state index contributed by atoms with van der Waals surface area (Å²) < 4.78 is 7.48. The van der Waals surface area contributed by atoms with Gasteiger partial charge in [0.05, 0.1) is 12.6 Å². The van der Waals surface area contributed by atoms with E-state index in [1.165, 1.54) is 5.56 Å². The van der Waals surface area contributed by atoms with E-state index in [-0.39, 0.29) is 6.04 Å². The largest absolute Gasteiger partial charge is 0.496 e. The van der Waals surface area contributed by atoms with Crippen LogP contribution in [-0.4, -0.2) is 50.7 Å². The van der Waals surface area contributed by atoms with Crippen LogP contribution < -0.4 is 10.5 Å². The number of aryl methyl sites for hydroxylation is 1. The second kappa shape index (κ2) is 7.09. The molecule has 5 rings (SSSR count). The van der Waals surface area contributed by atoms with Gasteiger partial charge in [0.1, 0.15) is 11.4 Å². The molecule has 0 radical (unpaired) electrons. The van der Waals surface area contributed by atoms with Gasteiger partial charge in [-0.05, 0) is 43.2 Å². The molecule has 29 heavy (non-hydrogen) atoms. The molecule has 7 heteroatoms. The maximum Gasteiger partial charge on any atom is 0.187 e. The summed E-state index contributed by atoms with van der Waals surface area (Å²) in [4.78, 5) is 7.28. The molecule has 4 heterocycles. The van der Waals surface area contributed by atoms with E-state index in [0.717, 1.165) is 65.4 Å². The van der Waals surface area contributed by atoms with Gasteiger partial charge in [-0.3, -0.25) is 9.30 Å². The fraction of sp³-hybridized carbons (Fsp3) is 0.318. The molecule has 0 saturated carbocycles. The molecule has 1 aromatic carbocycles. The number of nitrogens with zero attached hydrogens (tertiary/aromatic N) is 5. The number of aromatic nitrogens is 4. The molecule has 2 N–H and O–H groups in total. The normalized spacial score (nSPS) is 17.4. The van der Waals surface area contributed by atoms with Crippen LogP contribution in [0.1, 0.15) is 17.5 Å². The highest BCUT2D eigenvalue weighted by molar-refractivity contribution is 5.85. The van der Waals surface area contributed by atoms with Crippen LogP contribution >= 0.6 is 0 Å². The number of ether oxygens (including phenoxy) is 1. The van der Waals surface area contributed by atoms with Gasteiger partial charge in [0, 0.05) is 42.8 Å². The van der Waals surface area contributed by atoms with E-state index in [4.69, 9.17) is 15.5 Å². The van der Waals surface area contributed by atoms with E-state index in [0.29, 0.717) is 0 Å². The van der Waals surface area contributed by atoms with Crippen molar-refractivity contribution in [2.45, 2.75) is 25.9 Å². The highest BCUT2D eigenvalue weighted by Crippen LogP contribution is 2.28. The lowest BCUT2D eigenvalue weighted by Crippen LogP contribution is -2.26. The summed E-state index contributed by atoms with van der Waals surface area (Å²) >= 11 is 0. The molecule has 0 aliphatic carbocycles. The third-order valence-corrected chi connectivity index (χ3v) is 5.69. The number of hydrogen-bond donors (Lipinski definition) is 1. The van der Waals surface area contributed by atoms with Crippen molar-refractivity contribution in [2.24, 2.45) is 5.73 Å². The Hall–Kier alpha value is -3.03. The molecular formula is C22H24N6O. The zero-order chi connectivity index (χ0) is 20.0. The standard InChI is InChI=1S/C22H24N6O/c1-14-19(29-2)7-5-16-4-6-18(24-21(14)16)22-26-25-20-8-3-15(12-28(20)22)11-27-10-9-17(23)13-27/h3-8,12,17H,9-11,13,23H2,1-2H3. The van der Waals surface area contributed by atoms with Crippen molar-refractivity contribution < 1.29 is 4.74 Å². The van der Waals surface area contributed by atoms with Gasteiger partial charge in [-0.25, -0.2) is 4.98 Å². The zero-order valence-electron chi connectivity index (χ0n) is 16.7. The summed E-state index contributed by atoms with van der Waals surface area (Å²) in [5.74, 6) is 1.57. The van der Waals surface area contributed by atoms with E-state index in [2.05, 4.69) is 33.4 Å². The number of nitrogens with two attached hydrogens (primary N) is 1. The van der Waals surface area contributed by atoms with E-state index < -0.39 is 0 Å². The fourth-order valence-electron chi connectivity index (χ4n) is 4.12. The topological polar surface area (TPSA) is 81.6 Å². The Bertz CT molecular complexity index is 1200. The average Bonchev–Trinajstić information content (AvgIpc) is 3.34. The second-order valence-electron chi connectivity index (χ2n) is 7.73. The van der Waals surface area contributed by atoms with Gasteiger partial charge in [-0.15, -0.1) is 10.2 Å². The number of benzene rings is 1. The molecule has 3 aromatic heterocycles. The van der Waals surface area contributed by atoms with Crippen LogP contribution in [0.2, 0.25) is 0 Å². The monoisotopic (exact) mass is 388 g/mol. The van der Waals surface area contributed by atoms with Crippen molar-refractivity contribution in [1.29, 1.82) is 0 Å². The van der Waals surface area contributed by atoms with Gasteiger partial charge in [0.2, 0.25) is 0 Å². The molecule has 1 unspecified atom stereocenters. The Morgan fingerprint density at radius 3 is 2.79 bits per heavy atom. The average molecular weight is 388 g/mol. The van der Waals surface area contributed by atoms with E-state index >= 15 is 0 Å².